The van der Waals surface area contributed by atoms with Gasteiger partial charge in [-0.15, -0.1) is 0 Å². The van der Waals surface area contributed by atoms with Gasteiger partial charge in [-0.2, -0.15) is 0 Å². The van der Waals surface area contributed by atoms with Gasteiger partial charge in [0.2, 0.25) is 0 Å². The number of nitrogens with zero attached hydrogens (tertiary/aromatic N) is 1. The minimum Gasteiger partial charge on any atom is -0.468 e. The van der Waals surface area contributed by atoms with Gasteiger partial charge < -0.3 is 8.83 Å². The highest BCUT2D eigenvalue weighted by molar-refractivity contribution is 5.94. The lowest BCUT2D eigenvalue weighted by Gasteiger charge is -2.17. The van der Waals surface area contributed by atoms with Crippen molar-refractivity contribution >= 4 is 5.91 Å². The molecule has 0 aliphatic carbocycles. The van der Waals surface area contributed by atoms with Gasteiger partial charge in [0.05, 0.1) is 24.9 Å². The first-order valence-corrected chi connectivity index (χ1v) is 6.49. The molecule has 2 aromatic heterocycles. The van der Waals surface area contributed by atoms with Gasteiger partial charge in [-0.05, 0) is 31.7 Å². The molecule has 1 amide bonds. The fourth-order valence-corrected chi connectivity index (χ4v) is 2.05. The van der Waals surface area contributed by atoms with Gasteiger partial charge in [0.15, 0.2) is 0 Å². The number of hydrazine groups is 1. The molecule has 2 aromatic rings. The summed E-state index contributed by atoms with van der Waals surface area (Å²) in [6, 6.07) is 5.52. The Kier molecular flexibility index (Phi) is 4.60. The number of aryl methyl sites for hydroxylation is 1. The molecule has 0 saturated heterocycles. The van der Waals surface area contributed by atoms with E-state index in [4.69, 9.17) is 14.7 Å². The van der Waals surface area contributed by atoms with Crippen LogP contribution in [-0.2, 0) is 13.1 Å². The number of nitrogens with two attached hydrogens (primary N) is 1. The molecule has 108 valence electrons. The molecular formula is C14H19N3O3. The fraction of sp³-hybridized carbons (Fsp3) is 0.357. The van der Waals surface area contributed by atoms with Crippen LogP contribution >= 0.6 is 0 Å². The second-order valence-corrected chi connectivity index (χ2v) is 4.54. The number of hydrogen-bond acceptors (Lipinski definition) is 5. The van der Waals surface area contributed by atoms with Crippen molar-refractivity contribution in [3.63, 3.8) is 0 Å². The van der Waals surface area contributed by atoms with Crippen molar-refractivity contribution in [3.05, 3.63) is 47.3 Å². The van der Waals surface area contributed by atoms with E-state index in [9.17, 15) is 4.79 Å². The van der Waals surface area contributed by atoms with Crippen LogP contribution in [0.5, 0.6) is 0 Å². The maximum atomic E-state index is 11.5. The second-order valence-electron chi connectivity index (χ2n) is 4.54. The summed E-state index contributed by atoms with van der Waals surface area (Å²) in [6.07, 6.45) is 1.66. The van der Waals surface area contributed by atoms with Crippen LogP contribution in [0.3, 0.4) is 0 Å². The highest BCUT2D eigenvalue weighted by atomic mass is 16.3. The summed E-state index contributed by atoms with van der Waals surface area (Å²) < 4.78 is 10.9. The van der Waals surface area contributed by atoms with Gasteiger partial charge in [-0.3, -0.25) is 15.1 Å². The molecule has 0 fully saturated rings. The predicted octanol–water partition coefficient (Wildman–Crippen LogP) is 1.81. The first-order chi connectivity index (χ1) is 9.63. The quantitative estimate of drug-likeness (QED) is 0.478. The lowest BCUT2D eigenvalue weighted by Crippen LogP contribution is -2.30. The Morgan fingerprint density at radius 1 is 1.40 bits per heavy atom. The Morgan fingerprint density at radius 2 is 2.15 bits per heavy atom. The van der Waals surface area contributed by atoms with E-state index in [0.29, 0.717) is 24.4 Å². The van der Waals surface area contributed by atoms with E-state index in [0.717, 1.165) is 18.1 Å². The SMILES string of the molecule is CCN(Cc1ccco1)Cc1cc(C(=O)NN)c(C)o1. The average Bonchev–Trinajstić information content (AvgIpc) is 3.07. The normalized spacial score (nSPS) is 11.0. The van der Waals surface area contributed by atoms with E-state index in [2.05, 4.69) is 17.2 Å². The molecule has 0 radical (unpaired) electrons. The molecule has 0 aliphatic rings. The lowest BCUT2D eigenvalue weighted by molar-refractivity contribution is 0.0952. The number of carbonyl (C=O) groups is 1. The summed E-state index contributed by atoms with van der Waals surface area (Å²) in [5, 5.41) is 0. The molecule has 0 bridgehead atoms. The van der Waals surface area contributed by atoms with Crippen LogP contribution in [-0.4, -0.2) is 17.4 Å². The second kappa shape index (κ2) is 6.40. The van der Waals surface area contributed by atoms with Crippen LogP contribution in [0.4, 0.5) is 0 Å². The van der Waals surface area contributed by atoms with Gasteiger partial charge >= 0.3 is 0 Å². The summed E-state index contributed by atoms with van der Waals surface area (Å²) >= 11 is 0. The van der Waals surface area contributed by atoms with Gasteiger partial charge in [-0.1, -0.05) is 6.92 Å². The Hall–Kier alpha value is -2.05. The smallest absolute Gasteiger partial charge is 0.268 e. The molecule has 0 aliphatic heterocycles. The molecule has 6 nitrogen and oxygen atoms in total. The summed E-state index contributed by atoms with van der Waals surface area (Å²) in [7, 11) is 0. The molecule has 2 rings (SSSR count). The molecule has 0 unspecified atom stereocenters. The van der Waals surface area contributed by atoms with E-state index in [-0.39, 0.29) is 5.91 Å². The topological polar surface area (TPSA) is 84.6 Å². The minimum atomic E-state index is -0.341. The van der Waals surface area contributed by atoms with E-state index >= 15 is 0 Å². The van der Waals surface area contributed by atoms with Gasteiger partial charge in [0.25, 0.3) is 5.91 Å². The van der Waals surface area contributed by atoms with Crippen molar-refractivity contribution in [1.82, 2.24) is 10.3 Å². The zero-order valence-corrected chi connectivity index (χ0v) is 11.7. The summed E-state index contributed by atoms with van der Waals surface area (Å²) in [5.74, 6) is 6.99. The van der Waals surface area contributed by atoms with Crippen LogP contribution < -0.4 is 11.3 Å². The van der Waals surface area contributed by atoms with Crippen molar-refractivity contribution in [2.75, 3.05) is 6.54 Å². The third kappa shape index (κ3) is 3.28. The predicted molar refractivity (Wildman–Crippen MR) is 73.6 cm³/mol. The van der Waals surface area contributed by atoms with Crippen molar-refractivity contribution in [2.24, 2.45) is 5.84 Å². The molecule has 0 atom stereocenters. The molecular weight excluding hydrogens is 258 g/mol. The fourth-order valence-electron chi connectivity index (χ4n) is 2.05. The number of rotatable bonds is 6. The molecule has 0 spiro atoms. The van der Waals surface area contributed by atoms with E-state index < -0.39 is 0 Å². The van der Waals surface area contributed by atoms with Gasteiger partial charge in [-0.25, -0.2) is 5.84 Å². The molecule has 0 aromatic carbocycles. The largest absolute Gasteiger partial charge is 0.468 e. The number of nitrogens with one attached hydrogen (secondary N) is 1. The zero-order valence-electron chi connectivity index (χ0n) is 11.7. The van der Waals surface area contributed by atoms with Crippen molar-refractivity contribution in [2.45, 2.75) is 26.9 Å². The molecule has 3 N–H and O–H groups in total. The molecule has 20 heavy (non-hydrogen) atoms. The highest BCUT2D eigenvalue weighted by Crippen LogP contribution is 2.17. The standard InChI is InChI=1S/C14H19N3O3/c1-3-17(8-11-5-4-6-19-11)9-12-7-13(10(2)20-12)14(18)16-15/h4-7H,3,8-9,15H2,1-2H3,(H,16,18). The van der Waals surface area contributed by atoms with Crippen molar-refractivity contribution < 1.29 is 13.6 Å². The average molecular weight is 277 g/mol. The Labute approximate surface area is 117 Å². The highest BCUT2D eigenvalue weighted by Gasteiger charge is 2.16. The van der Waals surface area contributed by atoms with Crippen LogP contribution in [0, 0.1) is 6.92 Å². The van der Waals surface area contributed by atoms with Crippen LogP contribution in [0.15, 0.2) is 33.3 Å². The van der Waals surface area contributed by atoms with Crippen molar-refractivity contribution in [1.29, 1.82) is 0 Å². The zero-order chi connectivity index (χ0) is 14.5. The minimum absolute atomic E-state index is 0.341. The van der Waals surface area contributed by atoms with E-state index in [1.165, 1.54) is 0 Å². The van der Waals surface area contributed by atoms with E-state index in [1.54, 1.807) is 19.3 Å². The number of carbonyl (C=O) groups excluding carboxylic acids is 1. The number of amides is 1. The van der Waals surface area contributed by atoms with Crippen LogP contribution in [0.2, 0.25) is 0 Å². The molecule has 0 saturated carbocycles. The van der Waals surface area contributed by atoms with E-state index in [1.807, 2.05) is 12.1 Å². The van der Waals surface area contributed by atoms with Gasteiger partial charge in [0.1, 0.15) is 17.3 Å². The molecule has 2 heterocycles. The number of nitrogen functional groups attached to an aromatic ring is 1. The Balaban J connectivity index is 2.06. The summed E-state index contributed by atoms with van der Waals surface area (Å²) in [6.45, 7) is 5.96. The van der Waals surface area contributed by atoms with Crippen LogP contribution in [0.1, 0.15) is 34.6 Å². The summed E-state index contributed by atoms with van der Waals surface area (Å²) in [5.41, 5.74) is 2.58. The maximum Gasteiger partial charge on any atom is 0.268 e. The summed E-state index contributed by atoms with van der Waals surface area (Å²) in [4.78, 5) is 13.7. The third-order valence-electron chi connectivity index (χ3n) is 3.13. The monoisotopic (exact) mass is 277 g/mol. The van der Waals surface area contributed by atoms with Crippen LogP contribution in [0.25, 0.3) is 0 Å². The first-order valence-electron chi connectivity index (χ1n) is 6.49. The lowest BCUT2D eigenvalue weighted by atomic mass is 10.2. The number of furan rings is 2. The third-order valence-corrected chi connectivity index (χ3v) is 3.13. The molecule has 6 heteroatoms. The maximum absolute atomic E-state index is 11.5. The Bertz CT molecular complexity index is 560. The Morgan fingerprint density at radius 3 is 2.75 bits per heavy atom. The van der Waals surface area contributed by atoms with Gasteiger partial charge in [0, 0.05) is 0 Å². The van der Waals surface area contributed by atoms with Crippen molar-refractivity contribution in [3.8, 4) is 0 Å². The first kappa shape index (κ1) is 14.4. The number of hydrogen-bond donors (Lipinski definition) is 2.